The second kappa shape index (κ2) is 8.79. The van der Waals surface area contributed by atoms with Crippen LogP contribution in [0.3, 0.4) is 0 Å². The van der Waals surface area contributed by atoms with Gasteiger partial charge in [-0.1, -0.05) is 12.8 Å². The first kappa shape index (κ1) is 21.3. The lowest BCUT2D eigenvalue weighted by atomic mass is 10.1. The lowest BCUT2D eigenvalue weighted by Gasteiger charge is -2.31. The smallest absolute Gasteiger partial charge is 0.270 e. The van der Waals surface area contributed by atoms with Gasteiger partial charge in [0.05, 0.1) is 11.8 Å². The standard InChI is InChI=1S/C24H25FN6O2/c25-20-12-17(5-6-21(20)30-9-7-19(32)8-10-30)28-24-27-14-16-11-15(13-26)23(33)31(22(16)29-24)18-3-1-2-4-18/h5-6,11-12,14,18-19,32H,1-4,7-10H2,(H,27,28,29). The Morgan fingerprint density at radius 3 is 2.61 bits per heavy atom. The van der Waals surface area contributed by atoms with E-state index in [2.05, 4.69) is 15.3 Å². The van der Waals surface area contributed by atoms with E-state index in [-0.39, 0.29) is 35.0 Å². The molecule has 2 fully saturated rings. The third kappa shape index (κ3) is 4.14. The molecule has 1 aliphatic heterocycles. The van der Waals surface area contributed by atoms with Crippen LogP contribution in [0.5, 0.6) is 0 Å². The maximum absolute atomic E-state index is 14.8. The first-order valence-corrected chi connectivity index (χ1v) is 11.4. The van der Waals surface area contributed by atoms with Crippen molar-refractivity contribution in [2.45, 2.75) is 50.7 Å². The van der Waals surface area contributed by atoms with Crippen LogP contribution in [-0.2, 0) is 0 Å². The lowest BCUT2D eigenvalue weighted by Crippen LogP contribution is -2.36. The SMILES string of the molecule is N#Cc1cc2cnc(Nc3ccc(N4CCC(O)CC4)c(F)c3)nc2n(C2CCCC2)c1=O. The van der Waals surface area contributed by atoms with Crippen LogP contribution < -0.4 is 15.8 Å². The third-order valence-electron chi connectivity index (χ3n) is 6.59. The number of halogens is 1. The number of anilines is 3. The molecule has 2 aliphatic rings. The molecule has 1 aliphatic carbocycles. The van der Waals surface area contributed by atoms with Gasteiger partial charge in [0.25, 0.3) is 5.56 Å². The number of pyridine rings is 1. The summed E-state index contributed by atoms with van der Waals surface area (Å²) >= 11 is 0. The molecule has 3 aromatic rings. The molecule has 3 heterocycles. The largest absolute Gasteiger partial charge is 0.393 e. The molecule has 0 amide bonds. The number of piperidine rings is 1. The van der Waals surface area contributed by atoms with Crippen LogP contribution >= 0.6 is 0 Å². The Hall–Kier alpha value is -3.51. The number of benzene rings is 1. The summed E-state index contributed by atoms with van der Waals surface area (Å²) in [6.07, 6.45) is 6.33. The second-order valence-corrected chi connectivity index (χ2v) is 8.77. The molecule has 1 saturated heterocycles. The van der Waals surface area contributed by atoms with Crippen LogP contribution in [0.15, 0.2) is 35.3 Å². The van der Waals surface area contributed by atoms with E-state index in [9.17, 15) is 19.6 Å². The minimum absolute atomic E-state index is 0.0100. The number of nitriles is 1. The van der Waals surface area contributed by atoms with E-state index in [1.54, 1.807) is 22.9 Å². The topological polar surface area (TPSA) is 107 Å². The van der Waals surface area contributed by atoms with E-state index in [1.807, 2.05) is 11.0 Å². The molecular weight excluding hydrogens is 423 g/mol. The van der Waals surface area contributed by atoms with E-state index in [0.29, 0.717) is 48.3 Å². The molecule has 0 spiro atoms. The number of nitrogens with zero attached hydrogens (tertiary/aromatic N) is 5. The average Bonchev–Trinajstić information content (AvgIpc) is 3.34. The number of rotatable bonds is 4. The van der Waals surface area contributed by atoms with Gasteiger partial charge in [0.1, 0.15) is 23.1 Å². The Balaban J connectivity index is 1.46. The Morgan fingerprint density at radius 2 is 1.91 bits per heavy atom. The van der Waals surface area contributed by atoms with Gasteiger partial charge < -0.3 is 15.3 Å². The minimum Gasteiger partial charge on any atom is -0.393 e. The van der Waals surface area contributed by atoms with Gasteiger partial charge in [-0.25, -0.2) is 9.37 Å². The van der Waals surface area contributed by atoms with Crippen LogP contribution in [0.2, 0.25) is 0 Å². The fourth-order valence-electron chi connectivity index (χ4n) is 4.84. The second-order valence-electron chi connectivity index (χ2n) is 8.77. The van der Waals surface area contributed by atoms with Gasteiger partial charge in [0.15, 0.2) is 0 Å². The van der Waals surface area contributed by atoms with Crippen molar-refractivity contribution in [1.29, 1.82) is 5.26 Å². The van der Waals surface area contributed by atoms with Crippen molar-refractivity contribution in [2.75, 3.05) is 23.3 Å². The molecule has 0 atom stereocenters. The number of hydrogen-bond acceptors (Lipinski definition) is 7. The lowest BCUT2D eigenvalue weighted by molar-refractivity contribution is 0.145. The molecular formula is C24H25FN6O2. The van der Waals surface area contributed by atoms with Gasteiger partial charge >= 0.3 is 0 Å². The van der Waals surface area contributed by atoms with Crippen molar-refractivity contribution in [3.05, 3.63) is 52.2 Å². The van der Waals surface area contributed by atoms with Crippen LogP contribution in [0.4, 0.5) is 21.7 Å². The number of nitrogens with one attached hydrogen (secondary N) is 1. The zero-order chi connectivity index (χ0) is 22.9. The number of aromatic nitrogens is 3. The molecule has 0 unspecified atom stereocenters. The van der Waals surface area contributed by atoms with Gasteiger partial charge in [-0.15, -0.1) is 0 Å². The predicted molar refractivity (Wildman–Crippen MR) is 123 cm³/mol. The van der Waals surface area contributed by atoms with Crippen LogP contribution in [0.1, 0.15) is 50.1 Å². The molecule has 1 saturated carbocycles. The van der Waals surface area contributed by atoms with Gasteiger partial charge in [-0.2, -0.15) is 10.2 Å². The van der Waals surface area contributed by atoms with E-state index in [1.165, 1.54) is 12.1 Å². The highest BCUT2D eigenvalue weighted by molar-refractivity contribution is 5.77. The van der Waals surface area contributed by atoms with Gasteiger partial charge in [-0.3, -0.25) is 9.36 Å². The molecule has 33 heavy (non-hydrogen) atoms. The van der Waals surface area contributed by atoms with E-state index < -0.39 is 0 Å². The Morgan fingerprint density at radius 1 is 1.15 bits per heavy atom. The highest BCUT2D eigenvalue weighted by Gasteiger charge is 2.23. The summed E-state index contributed by atoms with van der Waals surface area (Å²) in [5.41, 5.74) is 1.24. The quantitative estimate of drug-likeness (QED) is 0.628. The zero-order valence-corrected chi connectivity index (χ0v) is 18.2. The molecule has 2 N–H and O–H groups in total. The van der Waals surface area contributed by atoms with Gasteiger partial charge in [0, 0.05) is 36.4 Å². The van der Waals surface area contributed by atoms with Gasteiger partial charge in [-0.05, 0) is 49.9 Å². The summed E-state index contributed by atoms with van der Waals surface area (Å²) < 4.78 is 16.5. The van der Waals surface area contributed by atoms with Crippen LogP contribution in [0.25, 0.3) is 11.0 Å². The summed E-state index contributed by atoms with van der Waals surface area (Å²) in [7, 11) is 0. The van der Waals surface area contributed by atoms with E-state index in [0.717, 1.165) is 25.7 Å². The number of aliphatic hydroxyl groups is 1. The maximum atomic E-state index is 14.8. The van der Waals surface area contributed by atoms with Crippen molar-refractivity contribution in [3.63, 3.8) is 0 Å². The fraction of sp³-hybridized carbons (Fsp3) is 0.417. The summed E-state index contributed by atoms with van der Waals surface area (Å²) in [6, 6.07) is 8.39. The summed E-state index contributed by atoms with van der Waals surface area (Å²) in [6.45, 7) is 1.23. The summed E-state index contributed by atoms with van der Waals surface area (Å²) in [5.74, 6) is -0.106. The minimum atomic E-state index is -0.362. The zero-order valence-electron chi connectivity index (χ0n) is 18.2. The number of hydrogen-bond donors (Lipinski definition) is 2. The first-order chi connectivity index (χ1) is 16.0. The van der Waals surface area contributed by atoms with Crippen molar-refractivity contribution >= 4 is 28.4 Å². The normalized spacial score (nSPS) is 17.4. The Bertz CT molecular complexity index is 1290. The van der Waals surface area contributed by atoms with Crippen molar-refractivity contribution in [2.24, 2.45) is 0 Å². The molecule has 8 nitrogen and oxygen atoms in total. The fourth-order valence-corrected chi connectivity index (χ4v) is 4.84. The molecule has 170 valence electrons. The average molecular weight is 449 g/mol. The monoisotopic (exact) mass is 448 g/mol. The highest BCUT2D eigenvalue weighted by Crippen LogP contribution is 2.31. The molecule has 0 radical (unpaired) electrons. The van der Waals surface area contributed by atoms with Crippen molar-refractivity contribution in [1.82, 2.24) is 14.5 Å². The van der Waals surface area contributed by atoms with Crippen LogP contribution in [0, 0.1) is 17.1 Å². The third-order valence-corrected chi connectivity index (χ3v) is 6.59. The summed E-state index contributed by atoms with van der Waals surface area (Å²) in [4.78, 5) is 23.7. The molecule has 9 heteroatoms. The Labute approximate surface area is 190 Å². The highest BCUT2D eigenvalue weighted by atomic mass is 19.1. The van der Waals surface area contributed by atoms with Gasteiger partial charge in [0.2, 0.25) is 5.95 Å². The maximum Gasteiger partial charge on any atom is 0.270 e. The molecule has 2 aromatic heterocycles. The number of aliphatic hydroxyl groups excluding tert-OH is 1. The van der Waals surface area contributed by atoms with Crippen molar-refractivity contribution < 1.29 is 9.50 Å². The van der Waals surface area contributed by atoms with Crippen molar-refractivity contribution in [3.8, 4) is 6.07 Å². The summed E-state index contributed by atoms with van der Waals surface area (Å²) in [5, 5.41) is 22.7. The van der Waals surface area contributed by atoms with E-state index in [4.69, 9.17) is 0 Å². The molecule has 1 aromatic carbocycles. The molecule has 0 bridgehead atoms. The number of fused-ring (bicyclic) bond motifs is 1. The first-order valence-electron chi connectivity index (χ1n) is 11.4. The Kier molecular flexibility index (Phi) is 5.68. The van der Waals surface area contributed by atoms with E-state index >= 15 is 0 Å². The predicted octanol–water partition coefficient (Wildman–Crippen LogP) is 3.62. The van der Waals surface area contributed by atoms with Crippen LogP contribution in [-0.4, -0.2) is 38.8 Å². The molecule has 5 rings (SSSR count).